The molecule has 7 nitrogen and oxygen atoms in total. The SMILES string of the molecule is Cc1nc(S(=O)(=O)Nc2cc(C(C)C)[nH]n2)cn1C. The molecule has 0 bridgehead atoms. The summed E-state index contributed by atoms with van der Waals surface area (Å²) in [4.78, 5) is 3.99. The van der Waals surface area contributed by atoms with E-state index in [9.17, 15) is 8.42 Å². The number of aryl methyl sites for hydroxylation is 2. The van der Waals surface area contributed by atoms with E-state index >= 15 is 0 Å². The fourth-order valence-corrected chi connectivity index (χ4v) is 2.56. The number of hydrogen-bond donors (Lipinski definition) is 2. The Bertz CT molecular complexity index is 664. The summed E-state index contributed by atoms with van der Waals surface area (Å²) in [6, 6.07) is 1.68. The van der Waals surface area contributed by atoms with Crippen molar-refractivity contribution in [1.82, 2.24) is 19.7 Å². The Kier molecular flexibility index (Phi) is 3.36. The molecule has 0 amide bonds. The van der Waals surface area contributed by atoms with Gasteiger partial charge in [-0.15, -0.1) is 0 Å². The van der Waals surface area contributed by atoms with Crippen LogP contribution in [0.2, 0.25) is 0 Å². The third-order valence-corrected chi connectivity index (χ3v) is 4.05. The zero-order valence-electron chi connectivity index (χ0n) is 11.3. The number of nitrogens with one attached hydrogen (secondary N) is 2. The van der Waals surface area contributed by atoms with Crippen LogP contribution in [0, 0.1) is 6.92 Å². The summed E-state index contributed by atoms with van der Waals surface area (Å²) in [5.74, 6) is 1.15. The third-order valence-electron chi connectivity index (χ3n) is 2.82. The van der Waals surface area contributed by atoms with Crippen LogP contribution in [-0.2, 0) is 17.1 Å². The van der Waals surface area contributed by atoms with Gasteiger partial charge in [-0.3, -0.25) is 9.82 Å². The van der Waals surface area contributed by atoms with E-state index < -0.39 is 10.0 Å². The summed E-state index contributed by atoms with van der Waals surface area (Å²) in [7, 11) is -1.95. The van der Waals surface area contributed by atoms with Crippen LogP contribution in [0.5, 0.6) is 0 Å². The van der Waals surface area contributed by atoms with E-state index in [0.717, 1.165) is 5.69 Å². The van der Waals surface area contributed by atoms with Gasteiger partial charge in [0.05, 0.1) is 0 Å². The molecule has 2 heterocycles. The van der Waals surface area contributed by atoms with E-state index in [1.807, 2.05) is 13.8 Å². The average molecular weight is 283 g/mol. The quantitative estimate of drug-likeness (QED) is 0.886. The zero-order valence-corrected chi connectivity index (χ0v) is 12.1. The Labute approximate surface area is 112 Å². The highest BCUT2D eigenvalue weighted by Crippen LogP contribution is 2.18. The minimum atomic E-state index is -3.69. The van der Waals surface area contributed by atoms with Crippen LogP contribution in [0.15, 0.2) is 17.3 Å². The summed E-state index contributed by atoms with van der Waals surface area (Å²) in [5.41, 5.74) is 0.870. The van der Waals surface area contributed by atoms with Gasteiger partial charge in [-0.2, -0.15) is 13.5 Å². The van der Waals surface area contributed by atoms with Crippen LogP contribution in [0.25, 0.3) is 0 Å². The first-order valence-electron chi connectivity index (χ1n) is 5.87. The Morgan fingerprint density at radius 2 is 2.11 bits per heavy atom. The second-order valence-electron chi connectivity index (χ2n) is 4.71. The van der Waals surface area contributed by atoms with Crippen molar-refractivity contribution in [3.05, 3.63) is 23.8 Å². The van der Waals surface area contributed by atoms with Crippen LogP contribution in [0.4, 0.5) is 5.82 Å². The number of aromatic nitrogens is 4. The minimum absolute atomic E-state index is 0.0124. The molecule has 2 aromatic rings. The Morgan fingerprint density at radius 1 is 1.42 bits per heavy atom. The highest BCUT2D eigenvalue weighted by molar-refractivity contribution is 7.92. The standard InChI is InChI=1S/C11H17N5O2S/c1-7(2)9-5-10(14-13-9)15-19(17,18)11-6-16(4)8(3)12-11/h5-7H,1-4H3,(H2,13,14,15). The van der Waals surface area contributed by atoms with Crippen LogP contribution >= 0.6 is 0 Å². The van der Waals surface area contributed by atoms with E-state index in [-0.39, 0.29) is 16.8 Å². The molecule has 2 N–H and O–H groups in total. The van der Waals surface area contributed by atoms with Gasteiger partial charge < -0.3 is 4.57 Å². The normalized spacial score (nSPS) is 12.1. The summed E-state index contributed by atoms with van der Waals surface area (Å²) < 4.78 is 28.3. The van der Waals surface area contributed by atoms with Gasteiger partial charge in [0.25, 0.3) is 10.0 Å². The van der Waals surface area contributed by atoms with Crippen molar-refractivity contribution in [2.24, 2.45) is 7.05 Å². The third kappa shape index (κ3) is 2.78. The summed E-state index contributed by atoms with van der Waals surface area (Å²) in [5, 5.41) is 6.71. The number of imidazole rings is 1. The maximum Gasteiger partial charge on any atom is 0.282 e. The van der Waals surface area contributed by atoms with Gasteiger partial charge >= 0.3 is 0 Å². The van der Waals surface area contributed by atoms with Crippen LogP contribution in [0.3, 0.4) is 0 Å². The Hall–Kier alpha value is -1.83. The van der Waals surface area contributed by atoms with E-state index in [0.29, 0.717) is 5.82 Å². The van der Waals surface area contributed by atoms with Gasteiger partial charge in [-0.05, 0) is 12.8 Å². The number of rotatable bonds is 4. The summed E-state index contributed by atoms with van der Waals surface area (Å²) in [6.07, 6.45) is 1.47. The molecule has 8 heteroatoms. The topological polar surface area (TPSA) is 92.7 Å². The molecule has 0 saturated carbocycles. The van der Waals surface area contributed by atoms with Crippen molar-refractivity contribution in [1.29, 1.82) is 0 Å². The van der Waals surface area contributed by atoms with Crippen LogP contribution in [0.1, 0.15) is 31.3 Å². The Morgan fingerprint density at radius 3 is 2.58 bits per heavy atom. The fraction of sp³-hybridized carbons (Fsp3) is 0.455. The molecular weight excluding hydrogens is 266 g/mol. The first kappa shape index (κ1) is 13.6. The van der Waals surface area contributed by atoms with Crippen LogP contribution < -0.4 is 4.72 Å². The molecule has 2 rings (SSSR count). The predicted molar refractivity (Wildman–Crippen MR) is 71.4 cm³/mol. The van der Waals surface area contributed by atoms with Crippen molar-refractivity contribution in [2.45, 2.75) is 31.7 Å². The lowest BCUT2D eigenvalue weighted by Crippen LogP contribution is -2.13. The molecule has 0 unspecified atom stereocenters. The molecule has 19 heavy (non-hydrogen) atoms. The molecule has 0 aromatic carbocycles. The van der Waals surface area contributed by atoms with Gasteiger partial charge in [-0.1, -0.05) is 13.8 Å². The highest BCUT2D eigenvalue weighted by atomic mass is 32.2. The number of aromatic amines is 1. The van der Waals surface area contributed by atoms with Crippen molar-refractivity contribution in [2.75, 3.05) is 4.72 Å². The fourth-order valence-electron chi connectivity index (χ4n) is 1.53. The van der Waals surface area contributed by atoms with Crippen molar-refractivity contribution in [3.8, 4) is 0 Å². The Balaban J connectivity index is 2.25. The number of anilines is 1. The van der Waals surface area contributed by atoms with Crippen molar-refractivity contribution in [3.63, 3.8) is 0 Å². The molecule has 0 aliphatic carbocycles. The first-order valence-corrected chi connectivity index (χ1v) is 7.36. The second-order valence-corrected chi connectivity index (χ2v) is 6.34. The lowest BCUT2D eigenvalue weighted by molar-refractivity contribution is 0.597. The minimum Gasteiger partial charge on any atom is -0.337 e. The van der Waals surface area contributed by atoms with E-state index in [1.54, 1.807) is 24.6 Å². The number of H-pyrrole nitrogens is 1. The summed E-state index contributed by atoms with van der Waals surface area (Å²) in [6.45, 7) is 5.73. The largest absolute Gasteiger partial charge is 0.337 e. The smallest absolute Gasteiger partial charge is 0.282 e. The van der Waals surface area contributed by atoms with Gasteiger partial charge in [0.2, 0.25) is 0 Å². The van der Waals surface area contributed by atoms with Crippen LogP contribution in [-0.4, -0.2) is 28.2 Å². The molecule has 0 fully saturated rings. The van der Waals surface area contributed by atoms with Gasteiger partial charge in [-0.25, -0.2) is 4.98 Å². The van der Waals surface area contributed by atoms with Gasteiger partial charge in [0.1, 0.15) is 5.82 Å². The van der Waals surface area contributed by atoms with Crippen molar-refractivity contribution < 1.29 is 8.42 Å². The number of sulfonamides is 1. The van der Waals surface area contributed by atoms with Gasteiger partial charge in [0, 0.05) is 25.0 Å². The molecule has 104 valence electrons. The molecule has 0 radical (unpaired) electrons. The molecule has 2 aromatic heterocycles. The lowest BCUT2D eigenvalue weighted by Gasteiger charge is -2.01. The first-order chi connectivity index (χ1) is 8.79. The predicted octanol–water partition coefficient (Wildman–Crippen LogP) is 1.38. The maximum absolute atomic E-state index is 12.1. The molecular formula is C11H17N5O2S. The molecule has 0 spiro atoms. The van der Waals surface area contributed by atoms with E-state index in [1.165, 1.54) is 6.20 Å². The van der Waals surface area contributed by atoms with Crippen molar-refractivity contribution >= 4 is 15.8 Å². The molecule has 0 aliphatic heterocycles. The molecule has 0 aliphatic rings. The maximum atomic E-state index is 12.1. The molecule has 0 atom stereocenters. The van der Waals surface area contributed by atoms with Gasteiger partial charge in [0.15, 0.2) is 10.8 Å². The summed E-state index contributed by atoms with van der Waals surface area (Å²) >= 11 is 0. The number of nitrogens with zero attached hydrogens (tertiary/aromatic N) is 3. The monoisotopic (exact) mass is 283 g/mol. The zero-order chi connectivity index (χ0) is 14.2. The molecule has 0 saturated heterocycles. The van der Waals surface area contributed by atoms with E-state index in [2.05, 4.69) is 19.9 Å². The highest BCUT2D eigenvalue weighted by Gasteiger charge is 2.20. The second kappa shape index (κ2) is 4.69. The number of hydrogen-bond acceptors (Lipinski definition) is 4. The van der Waals surface area contributed by atoms with E-state index in [4.69, 9.17) is 0 Å². The lowest BCUT2D eigenvalue weighted by atomic mass is 10.1. The average Bonchev–Trinajstić information content (AvgIpc) is 2.87.